The zero-order chi connectivity index (χ0) is 19.0. The first-order valence-electron chi connectivity index (χ1n) is 6.02. The number of hydrogen-bond acceptors (Lipinski definition) is 4. The zero-order valence-electron chi connectivity index (χ0n) is 11.8. The predicted octanol–water partition coefficient (Wildman–Crippen LogP) is 2.96. The third kappa shape index (κ3) is 9.92. The van der Waals surface area contributed by atoms with Gasteiger partial charge in [-0.25, -0.2) is 4.79 Å². The number of carbonyl (C=O) groups is 2. The van der Waals surface area contributed by atoms with Gasteiger partial charge in [-0.05, 0) is 6.07 Å². The highest BCUT2D eigenvalue weighted by molar-refractivity contribution is 7.99. The molecular formula is C12H12F6N2O3S. The van der Waals surface area contributed by atoms with Gasteiger partial charge in [0.2, 0.25) is 5.91 Å². The molecule has 5 nitrogen and oxygen atoms in total. The summed E-state index contributed by atoms with van der Waals surface area (Å²) >= 11 is 0.663. The van der Waals surface area contributed by atoms with Crippen molar-refractivity contribution < 1.29 is 41.0 Å². The summed E-state index contributed by atoms with van der Waals surface area (Å²) in [6.45, 7) is 0. The molecule has 0 radical (unpaired) electrons. The molecule has 1 aromatic heterocycles. The number of aromatic nitrogens is 1. The van der Waals surface area contributed by atoms with Crippen molar-refractivity contribution in [2.75, 3.05) is 11.5 Å². The molecule has 1 rings (SSSR count). The zero-order valence-corrected chi connectivity index (χ0v) is 12.6. The number of hydrogen-bond donors (Lipinski definition) is 2. The number of carboxylic acid groups (broad SMARTS) is 1. The Balaban J connectivity index is 0.000000449. The average Bonchev–Trinajstić information content (AvgIpc) is 2.42. The highest BCUT2D eigenvalue weighted by Crippen LogP contribution is 2.31. The number of amides is 1. The lowest BCUT2D eigenvalue weighted by Gasteiger charge is -2.08. The number of nitrogens with two attached hydrogens (primary N) is 1. The fraction of sp³-hybridized carbons (Fsp3) is 0.417. The Morgan fingerprint density at radius 2 is 1.79 bits per heavy atom. The maximum Gasteiger partial charge on any atom is 0.417 e. The maximum absolute atomic E-state index is 12.1. The second-order valence-electron chi connectivity index (χ2n) is 4.11. The number of rotatable bonds is 5. The van der Waals surface area contributed by atoms with Gasteiger partial charge in [0.05, 0.1) is 16.9 Å². The summed E-state index contributed by atoms with van der Waals surface area (Å²) in [6, 6.07) is 0.628. The smallest absolute Gasteiger partial charge is 0.417 e. The molecule has 0 saturated heterocycles. The first-order chi connectivity index (χ1) is 10.8. The van der Waals surface area contributed by atoms with Crippen molar-refractivity contribution in [3.8, 4) is 0 Å². The highest BCUT2D eigenvalue weighted by atomic mass is 32.2. The minimum atomic E-state index is -4.66. The summed E-state index contributed by atoms with van der Waals surface area (Å²) in [5, 5.41) is 8.39. The molecule has 0 saturated carbocycles. The van der Waals surface area contributed by atoms with Crippen molar-refractivity contribution in [3.05, 3.63) is 29.6 Å². The Kier molecular flexibility index (Phi) is 8.58. The van der Waals surface area contributed by atoms with Crippen molar-refractivity contribution in [2.24, 2.45) is 5.73 Å². The second kappa shape index (κ2) is 9.35. The van der Waals surface area contributed by atoms with Crippen LogP contribution in [0.25, 0.3) is 0 Å². The van der Waals surface area contributed by atoms with Crippen LogP contribution in [0, 0.1) is 0 Å². The molecule has 136 valence electrons. The van der Waals surface area contributed by atoms with Crippen LogP contribution in [0.5, 0.6) is 0 Å². The number of nitrogens with zero attached hydrogens (tertiary/aromatic N) is 1. The SMILES string of the molecule is NC(=O)CCSCC(F)(F)F.O=C(O)c1cnccc1C(F)(F)F. The maximum atomic E-state index is 12.1. The molecule has 24 heavy (non-hydrogen) atoms. The molecule has 0 atom stereocenters. The third-order valence-electron chi connectivity index (χ3n) is 2.12. The highest BCUT2D eigenvalue weighted by Gasteiger charge is 2.35. The lowest BCUT2D eigenvalue weighted by atomic mass is 10.1. The van der Waals surface area contributed by atoms with Crippen molar-refractivity contribution in [1.82, 2.24) is 4.98 Å². The van der Waals surface area contributed by atoms with Crippen LogP contribution < -0.4 is 5.73 Å². The topological polar surface area (TPSA) is 93.3 Å². The Hall–Kier alpha value is -1.98. The van der Waals surface area contributed by atoms with Crippen LogP contribution in [-0.4, -0.2) is 39.6 Å². The van der Waals surface area contributed by atoms with E-state index in [9.17, 15) is 35.9 Å². The van der Waals surface area contributed by atoms with E-state index in [2.05, 4.69) is 4.98 Å². The number of thioether (sulfide) groups is 1. The van der Waals surface area contributed by atoms with E-state index < -0.39 is 41.1 Å². The average molecular weight is 378 g/mol. The summed E-state index contributed by atoms with van der Waals surface area (Å²) in [6.07, 6.45) is -7.24. The van der Waals surface area contributed by atoms with Gasteiger partial charge in [-0.3, -0.25) is 9.78 Å². The van der Waals surface area contributed by atoms with Crippen LogP contribution in [0.4, 0.5) is 26.3 Å². The van der Waals surface area contributed by atoms with E-state index in [1.54, 1.807) is 0 Å². The van der Waals surface area contributed by atoms with E-state index in [1.165, 1.54) is 0 Å². The molecule has 0 spiro atoms. The van der Waals surface area contributed by atoms with Crippen LogP contribution in [-0.2, 0) is 11.0 Å². The van der Waals surface area contributed by atoms with Crippen LogP contribution in [0.1, 0.15) is 22.3 Å². The number of carboxylic acids is 1. The molecular weight excluding hydrogens is 366 g/mol. The monoisotopic (exact) mass is 378 g/mol. The van der Waals surface area contributed by atoms with Crippen LogP contribution >= 0.6 is 11.8 Å². The molecule has 0 aliphatic heterocycles. The molecule has 3 N–H and O–H groups in total. The fourth-order valence-corrected chi connectivity index (χ4v) is 1.89. The van der Waals surface area contributed by atoms with Gasteiger partial charge in [-0.15, -0.1) is 0 Å². The van der Waals surface area contributed by atoms with Crippen molar-refractivity contribution >= 4 is 23.6 Å². The van der Waals surface area contributed by atoms with Gasteiger partial charge in [-0.2, -0.15) is 38.1 Å². The lowest BCUT2D eigenvalue weighted by molar-refractivity contribution is -0.138. The molecule has 12 heteroatoms. The Morgan fingerprint density at radius 1 is 1.21 bits per heavy atom. The van der Waals surface area contributed by atoms with Gasteiger partial charge < -0.3 is 10.8 Å². The summed E-state index contributed by atoms with van der Waals surface area (Å²) in [7, 11) is 0. The van der Waals surface area contributed by atoms with Gasteiger partial charge in [0.1, 0.15) is 0 Å². The fourth-order valence-electron chi connectivity index (χ4n) is 1.17. The van der Waals surface area contributed by atoms with E-state index in [0.29, 0.717) is 24.0 Å². The van der Waals surface area contributed by atoms with Gasteiger partial charge in [0, 0.05) is 24.6 Å². The van der Waals surface area contributed by atoms with Gasteiger partial charge in [-0.1, -0.05) is 0 Å². The van der Waals surface area contributed by atoms with Crippen molar-refractivity contribution in [2.45, 2.75) is 18.8 Å². The lowest BCUT2D eigenvalue weighted by Crippen LogP contribution is -2.14. The van der Waals surface area contributed by atoms with E-state index in [1.807, 2.05) is 0 Å². The van der Waals surface area contributed by atoms with Crippen molar-refractivity contribution in [1.29, 1.82) is 0 Å². The van der Waals surface area contributed by atoms with Crippen molar-refractivity contribution in [3.63, 3.8) is 0 Å². The van der Waals surface area contributed by atoms with E-state index >= 15 is 0 Å². The Bertz CT molecular complexity index is 562. The number of aromatic carboxylic acids is 1. The quantitative estimate of drug-likeness (QED) is 0.607. The van der Waals surface area contributed by atoms with Gasteiger partial charge in [0.15, 0.2) is 0 Å². The number of pyridine rings is 1. The van der Waals surface area contributed by atoms with Crippen LogP contribution in [0.15, 0.2) is 18.5 Å². The minimum absolute atomic E-state index is 0.000741. The molecule has 0 aromatic carbocycles. The first kappa shape index (κ1) is 22.0. The summed E-state index contributed by atoms with van der Waals surface area (Å²) in [5.74, 6) is -2.99. The first-order valence-corrected chi connectivity index (χ1v) is 7.17. The predicted molar refractivity (Wildman–Crippen MR) is 73.4 cm³/mol. The van der Waals surface area contributed by atoms with E-state index in [0.717, 1.165) is 6.20 Å². The van der Waals surface area contributed by atoms with E-state index in [4.69, 9.17) is 10.8 Å². The van der Waals surface area contributed by atoms with E-state index in [-0.39, 0.29) is 12.2 Å². The summed E-state index contributed by atoms with van der Waals surface area (Å²) in [5.41, 5.74) is 2.69. The molecule has 0 aliphatic rings. The van der Waals surface area contributed by atoms with Crippen LogP contribution in [0.2, 0.25) is 0 Å². The Labute approximate surface area is 136 Å². The largest absolute Gasteiger partial charge is 0.478 e. The molecule has 0 unspecified atom stereocenters. The molecule has 1 aromatic rings. The minimum Gasteiger partial charge on any atom is -0.478 e. The molecule has 1 amide bonds. The molecule has 0 fully saturated rings. The second-order valence-corrected chi connectivity index (χ2v) is 5.21. The number of primary amides is 1. The molecule has 0 bridgehead atoms. The van der Waals surface area contributed by atoms with Gasteiger partial charge in [0.25, 0.3) is 0 Å². The van der Waals surface area contributed by atoms with Gasteiger partial charge >= 0.3 is 18.3 Å². The number of halogens is 6. The normalized spacial score (nSPS) is 11.4. The molecule has 0 aliphatic carbocycles. The summed E-state index contributed by atoms with van der Waals surface area (Å²) in [4.78, 5) is 23.7. The number of alkyl halides is 6. The van der Waals surface area contributed by atoms with Crippen LogP contribution in [0.3, 0.4) is 0 Å². The number of carbonyl (C=O) groups excluding carboxylic acids is 1. The Morgan fingerprint density at radius 3 is 2.17 bits per heavy atom. The molecule has 1 heterocycles. The summed E-state index contributed by atoms with van der Waals surface area (Å²) < 4.78 is 70.7. The standard InChI is InChI=1S/C7H4F3NO2.C5H8F3NOS/c8-7(9,10)5-1-2-11-3-4(5)6(12)13;6-5(7,8)3-11-2-1-4(9)10/h1-3H,(H,12,13);1-3H2,(H2,9,10). The third-order valence-corrected chi connectivity index (χ3v) is 3.14.